The third-order valence-corrected chi connectivity index (χ3v) is 5.42. The molecule has 0 amide bonds. The van der Waals surface area contributed by atoms with Gasteiger partial charge >= 0.3 is 0 Å². The zero-order valence-electron chi connectivity index (χ0n) is 14.4. The van der Waals surface area contributed by atoms with Crippen LogP contribution in [0.1, 0.15) is 30.0 Å². The van der Waals surface area contributed by atoms with Gasteiger partial charge in [-0.2, -0.15) is 0 Å². The van der Waals surface area contributed by atoms with Gasteiger partial charge in [-0.3, -0.25) is 4.90 Å². The van der Waals surface area contributed by atoms with Gasteiger partial charge in [0.15, 0.2) is 0 Å². The first-order chi connectivity index (χ1) is 12.6. The van der Waals surface area contributed by atoms with Crippen LogP contribution in [0.3, 0.4) is 0 Å². The number of hydrogen-bond donors (Lipinski definition) is 2. The van der Waals surface area contributed by atoms with Gasteiger partial charge in [-0.05, 0) is 48.7 Å². The van der Waals surface area contributed by atoms with E-state index in [0.717, 1.165) is 40.9 Å². The molecule has 2 aromatic rings. The second kappa shape index (κ2) is 9.20. The van der Waals surface area contributed by atoms with Crippen molar-refractivity contribution in [3.63, 3.8) is 0 Å². The van der Waals surface area contributed by atoms with Gasteiger partial charge in [-0.1, -0.05) is 39.7 Å². The summed E-state index contributed by atoms with van der Waals surface area (Å²) in [4.78, 5) is 2.22. The summed E-state index contributed by atoms with van der Waals surface area (Å²) in [5.74, 6) is 0.767. The van der Waals surface area contributed by atoms with Crippen molar-refractivity contribution in [2.45, 2.75) is 31.6 Å². The fourth-order valence-corrected chi connectivity index (χ4v) is 3.90. The lowest BCUT2D eigenvalue weighted by Crippen LogP contribution is -2.29. The predicted molar refractivity (Wildman–Crippen MR) is 107 cm³/mol. The normalized spacial score (nSPS) is 20.5. The van der Waals surface area contributed by atoms with E-state index in [1.54, 1.807) is 0 Å². The zero-order chi connectivity index (χ0) is 18.5. The Morgan fingerprint density at radius 1 is 1.19 bits per heavy atom. The molecular formula is C20H23BrClNO3. The average Bonchev–Trinajstić information content (AvgIpc) is 3.00. The number of ether oxygens (including phenoxy) is 1. The highest BCUT2D eigenvalue weighted by molar-refractivity contribution is 9.10. The van der Waals surface area contributed by atoms with Gasteiger partial charge in [-0.25, -0.2) is 0 Å². The van der Waals surface area contributed by atoms with Crippen LogP contribution in [0.2, 0.25) is 5.02 Å². The van der Waals surface area contributed by atoms with Crippen molar-refractivity contribution in [2.75, 3.05) is 19.7 Å². The van der Waals surface area contributed by atoms with Crippen LogP contribution in [0.5, 0.6) is 5.75 Å². The molecule has 2 unspecified atom stereocenters. The summed E-state index contributed by atoms with van der Waals surface area (Å²) in [6.45, 7) is 2.15. The minimum Gasteiger partial charge on any atom is -0.489 e. The van der Waals surface area contributed by atoms with Gasteiger partial charge in [0, 0.05) is 34.8 Å². The summed E-state index contributed by atoms with van der Waals surface area (Å²) in [6.07, 6.45) is 0.970. The fraction of sp³-hybridized carbons (Fsp3) is 0.400. The molecule has 3 rings (SSSR count). The summed E-state index contributed by atoms with van der Waals surface area (Å²) < 4.78 is 7.03. The molecular weight excluding hydrogens is 418 g/mol. The van der Waals surface area contributed by atoms with Crippen LogP contribution in [0.15, 0.2) is 46.9 Å². The molecule has 26 heavy (non-hydrogen) atoms. The van der Waals surface area contributed by atoms with E-state index in [1.807, 2.05) is 42.5 Å². The second-order valence-corrected chi connectivity index (χ2v) is 7.86. The van der Waals surface area contributed by atoms with Crippen molar-refractivity contribution in [2.24, 2.45) is 0 Å². The standard InChI is InChI=1S/C20H23BrClNO3/c21-15-4-7-19(26-13-14-2-5-16(22)6-3-14)17(12-15)20-18(25)8-10-23(20)9-1-11-24/h2-7,12,18,20,24-25H,1,8-11,13H2. The van der Waals surface area contributed by atoms with Crippen molar-refractivity contribution >= 4 is 27.5 Å². The fourth-order valence-electron chi connectivity index (χ4n) is 3.39. The molecule has 1 saturated heterocycles. The summed E-state index contributed by atoms with van der Waals surface area (Å²) >= 11 is 9.46. The van der Waals surface area contributed by atoms with Crippen LogP contribution in [0.25, 0.3) is 0 Å². The molecule has 1 aliphatic rings. The van der Waals surface area contributed by atoms with Crippen molar-refractivity contribution in [1.29, 1.82) is 0 Å². The highest BCUT2D eigenvalue weighted by atomic mass is 79.9. The molecule has 0 spiro atoms. The Kier molecular flexibility index (Phi) is 6.95. The number of aliphatic hydroxyl groups is 2. The molecule has 1 aliphatic heterocycles. The van der Waals surface area contributed by atoms with Crippen molar-refractivity contribution < 1.29 is 14.9 Å². The molecule has 2 aromatic carbocycles. The molecule has 6 heteroatoms. The van der Waals surface area contributed by atoms with Gasteiger partial charge in [0.2, 0.25) is 0 Å². The highest BCUT2D eigenvalue weighted by Gasteiger charge is 2.35. The molecule has 0 radical (unpaired) electrons. The Morgan fingerprint density at radius 3 is 2.69 bits per heavy atom. The van der Waals surface area contributed by atoms with Crippen molar-refractivity contribution in [3.8, 4) is 5.75 Å². The second-order valence-electron chi connectivity index (χ2n) is 6.51. The minimum absolute atomic E-state index is 0.126. The van der Waals surface area contributed by atoms with E-state index in [4.69, 9.17) is 21.4 Å². The monoisotopic (exact) mass is 439 g/mol. The summed E-state index contributed by atoms with van der Waals surface area (Å²) in [7, 11) is 0. The summed E-state index contributed by atoms with van der Waals surface area (Å²) in [5.41, 5.74) is 2.00. The highest BCUT2D eigenvalue weighted by Crippen LogP contribution is 2.39. The first-order valence-corrected chi connectivity index (χ1v) is 9.95. The van der Waals surface area contributed by atoms with Crippen LogP contribution >= 0.6 is 27.5 Å². The van der Waals surface area contributed by atoms with Gasteiger partial charge in [-0.15, -0.1) is 0 Å². The van der Waals surface area contributed by atoms with Crippen LogP contribution in [-0.4, -0.2) is 40.9 Å². The molecule has 140 valence electrons. The van der Waals surface area contributed by atoms with Crippen LogP contribution in [0, 0.1) is 0 Å². The van der Waals surface area contributed by atoms with E-state index < -0.39 is 6.10 Å². The molecule has 0 bridgehead atoms. The molecule has 0 aromatic heterocycles. The third kappa shape index (κ3) is 4.78. The van der Waals surface area contributed by atoms with E-state index in [9.17, 15) is 5.11 Å². The number of aliphatic hydroxyl groups excluding tert-OH is 2. The molecule has 4 nitrogen and oxygen atoms in total. The van der Waals surface area contributed by atoms with Crippen LogP contribution in [0.4, 0.5) is 0 Å². The number of likely N-dealkylation sites (tertiary alicyclic amines) is 1. The number of rotatable bonds is 7. The molecule has 2 N–H and O–H groups in total. The Labute approximate surface area is 167 Å². The van der Waals surface area contributed by atoms with Crippen LogP contribution < -0.4 is 4.74 Å². The van der Waals surface area contributed by atoms with Gasteiger partial charge < -0.3 is 14.9 Å². The van der Waals surface area contributed by atoms with Crippen LogP contribution in [-0.2, 0) is 6.61 Å². The van der Waals surface area contributed by atoms with Gasteiger partial charge in [0.25, 0.3) is 0 Å². The van der Waals surface area contributed by atoms with E-state index in [2.05, 4.69) is 20.8 Å². The maximum absolute atomic E-state index is 10.6. The van der Waals surface area contributed by atoms with Gasteiger partial charge in [0.05, 0.1) is 12.1 Å². The number of halogens is 2. The van der Waals surface area contributed by atoms with E-state index >= 15 is 0 Å². The lowest BCUT2D eigenvalue weighted by Gasteiger charge is -2.28. The average molecular weight is 441 g/mol. The topological polar surface area (TPSA) is 52.9 Å². The van der Waals surface area contributed by atoms with Crippen molar-refractivity contribution in [3.05, 3.63) is 63.1 Å². The SMILES string of the molecule is OCCCN1CCC(O)C1c1cc(Br)ccc1OCc1ccc(Cl)cc1. The molecule has 1 fully saturated rings. The van der Waals surface area contributed by atoms with E-state index in [0.29, 0.717) is 18.1 Å². The summed E-state index contributed by atoms with van der Waals surface area (Å²) in [5, 5.41) is 20.4. The van der Waals surface area contributed by atoms with E-state index in [1.165, 1.54) is 0 Å². The molecule has 0 saturated carbocycles. The predicted octanol–water partition coefficient (Wildman–Crippen LogP) is 4.17. The molecule has 2 atom stereocenters. The first-order valence-electron chi connectivity index (χ1n) is 8.78. The Hall–Kier alpha value is -1.11. The largest absolute Gasteiger partial charge is 0.489 e. The zero-order valence-corrected chi connectivity index (χ0v) is 16.8. The minimum atomic E-state index is -0.444. The Morgan fingerprint density at radius 2 is 1.96 bits per heavy atom. The Balaban J connectivity index is 1.81. The lowest BCUT2D eigenvalue weighted by molar-refractivity contribution is 0.109. The smallest absolute Gasteiger partial charge is 0.124 e. The number of benzene rings is 2. The number of hydrogen-bond acceptors (Lipinski definition) is 4. The van der Waals surface area contributed by atoms with Gasteiger partial charge in [0.1, 0.15) is 12.4 Å². The summed E-state index contributed by atoms with van der Waals surface area (Å²) in [6, 6.07) is 13.4. The van der Waals surface area contributed by atoms with Crippen molar-refractivity contribution in [1.82, 2.24) is 4.90 Å². The third-order valence-electron chi connectivity index (χ3n) is 4.67. The quantitative estimate of drug-likeness (QED) is 0.678. The maximum Gasteiger partial charge on any atom is 0.124 e. The Bertz CT molecular complexity index is 725. The lowest BCUT2D eigenvalue weighted by atomic mass is 10.0. The maximum atomic E-state index is 10.6. The molecule has 1 heterocycles. The molecule has 0 aliphatic carbocycles. The number of nitrogens with zero attached hydrogens (tertiary/aromatic N) is 1. The first kappa shape index (κ1) is 19.6. The van der Waals surface area contributed by atoms with E-state index in [-0.39, 0.29) is 12.6 Å².